The predicted molar refractivity (Wildman–Crippen MR) is 64.0 cm³/mol. The first-order chi connectivity index (χ1) is 6.59. The molecule has 6 heteroatoms. The number of benzene rings is 1. The third kappa shape index (κ3) is 3.49. The van der Waals surface area contributed by atoms with Gasteiger partial charge in [0.25, 0.3) is 0 Å². The van der Waals surface area contributed by atoms with Gasteiger partial charge in [-0.15, -0.1) is 0 Å². The molecule has 0 unspecified atom stereocenters. The Morgan fingerprint density at radius 1 is 1.50 bits per heavy atom. The quantitative estimate of drug-likeness (QED) is 0.479. The Hall–Kier alpha value is -0.840. The van der Waals surface area contributed by atoms with E-state index >= 15 is 0 Å². The normalized spacial score (nSPS) is 10.4. The van der Waals surface area contributed by atoms with Crippen molar-refractivity contribution in [2.75, 3.05) is 0 Å². The summed E-state index contributed by atoms with van der Waals surface area (Å²) in [4.78, 5) is 0. The van der Waals surface area contributed by atoms with Crippen LogP contribution in [0.1, 0.15) is 5.56 Å². The highest BCUT2D eigenvalue weighted by atomic mass is 35.5. The van der Waals surface area contributed by atoms with Crippen molar-refractivity contribution >= 4 is 46.7 Å². The summed E-state index contributed by atoms with van der Waals surface area (Å²) in [5.41, 5.74) is 8.33. The third-order valence-electron chi connectivity index (χ3n) is 1.34. The van der Waals surface area contributed by atoms with E-state index in [9.17, 15) is 0 Å². The summed E-state index contributed by atoms with van der Waals surface area (Å²) in [7, 11) is 0. The predicted octanol–water partition coefficient (Wildman–Crippen LogP) is 2.16. The first kappa shape index (κ1) is 11.2. The molecule has 0 radical (unpaired) electrons. The summed E-state index contributed by atoms with van der Waals surface area (Å²) < 4.78 is 0. The first-order valence-electron chi connectivity index (χ1n) is 3.63. The zero-order chi connectivity index (χ0) is 10.6. The zero-order valence-electron chi connectivity index (χ0n) is 7.00. The molecular formula is C8H7Cl2N3S. The van der Waals surface area contributed by atoms with E-state index in [2.05, 4.69) is 22.7 Å². The van der Waals surface area contributed by atoms with Gasteiger partial charge in [-0.3, -0.25) is 5.43 Å². The van der Waals surface area contributed by atoms with Crippen LogP contribution >= 0.6 is 35.4 Å². The average Bonchev–Trinajstić information content (AvgIpc) is 2.08. The van der Waals surface area contributed by atoms with Gasteiger partial charge in [0.1, 0.15) is 0 Å². The molecule has 14 heavy (non-hydrogen) atoms. The van der Waals surface area contributed by atoms with Gasteiger partial charge in [-0.1, -0.05) is 29.3 Å². The van der Waals surface area contributed by atoms with E-state index in [1.165, 1.54) is 6.21 Å². The van der Waals surface area contributed by atoms with E-state index in [0.29, 0.717) is 10.0 Å². The van der Waals surface area contributed by atoms with E-state index in [1.807, 2.05) is 0 Å². The van der Waals surface area contributed by atoms with Gasteiger partial charge in [0.05, 0.1) is 11.2 Å². The van der Waals surface area contributed by atoms with E-state index in [1.54, 1.807) is 18.2 Å². The maximum atomic E-state index is 5.88. The molecule has 0 aliphatic heterocycles. The van der Waals surface area contributed by atoms with Crippen LogP contribution < -0.4 is 11.2 Å². The molecule has 0 fully saturated rings. The topological polar surface area (TPSA) is 50.4 Å². The van der Waals surface area contributed by atoms with Gasteiger partial charge in [-0.2, -0.15) is 5.10 Å². The van der Waals surface area contributed by atoms with Crippen molar-refractivity contribution in [3.8, 4) is 0 Å². The van der Waals surface area contributed by atoms with Gasteiger partial charge >= 0.3 is 0 Å². The van der Waals surface area contributed by atoms with E-state index < -0.39 is 0 Å². The lowest BCUT2D eigenvalue weighted by Gasteiger charge is -1.98. The second-order valence-electron chi connectivity index (χ2n) is 2.40. The molecule has 0 aromatic heterocycles. The minimum Gasteiger partial charge on any atom is -0.375 e. The molecule has 0 amide bonds. The van der Waals surface area contributed by atoms with E-state index in [-0.39, 0.29) is 5.11 Å². The monoisotopic (exact) mass is 247 g/mol. The maximum Gasteiger partial charge on any atom is 0.184 e. The van der Waals surface area contributed by atoms with Gasteiger partial charge in [0.2, 0.25) is 0 Å². The number of nitrogens with one attached hydrogen (secondary N) is 1. The lowest BCUT2D eigenvalue weighted by atomic mass is 10.2. The number of nitrogens with zero attached hydrogens (tertiary/aromatic N) is 1. The Morgan fingerprint density at radius 2 is 2.21 bits per heavy atom. The molecule has 1 aromatic carbocycles. The lowest BCUT2D eigenvalue weighted by molar-refractivity contribution is 1.04. The fraction of sp³-hybridized carbons (Fsp3) is 0. The SMILES string of the molecule is NC(=S)N/N=C\c1ccc(Cl)cc1Cl. The summed E-state index contributed by atoms with van der Waals surface area (Å²) in [6.45, 7) is 0. The molecule has 0 aliphatic rings. The molecule has 0 saturated heterocycles. The van der Waals surface area contributed by atoms with Crippen LogP contribution in [0.25, 0.3) is 0 Å². The van der Waals surface area contributed by atoms with Crippen molar-refractivity contribution in [2.45, 2.75) is 0 Å². The average molecular weight is 248 g/mol. The van der Waals surface area contributed by atoms with Crippen LogP contribution in [-0.4, -0.2) is 11.3 Å². The van der Waals surface area contributed by atoms with Gasteiger partial charge in [0.15, 0.2) is 5.11 Å². The summed E-state index contributed by atoms with van der Waals surface area (Å²) in [6, 6.07) is 5.09. The van der Waals surface area contributed by atoms with Crippen molar-refractivity contribution in [3.63, 3.8) is 0 Å². The first-order valence-corrected chi connectivity index (χ1v) is 4.79. The fourth-order valence-corrected chi connectivity index (χ4v) is 1.28. The van der Waals surface area contributed by atoms with Crippen LogP contribution in [-0.2, 0) is 0 Å². The van der Waals surface area contributed by atoms with Crippen LogP contribution in [0.15, 0.2) is 23.3 Å². The van der Waals surface area contributed by atoms with Crippen molar-refractivity contribution in [1.29, 1.82) is 0 Å². The molecule has 0 aliphatic carbocycles. The summed E-state index contributed by atoms with van der Waals surface area (Å²) in [6.07, 6.45) is 1.51. The molecule has 3 N–H and O–H groups in total. The van der Waals surface area contributed by atoms with Crippen molar-refractivity contribution in [3.05, 3.63) is 33.8 Å². The lowest BCUT2D eigenvalue weighted by Crippen LogP contribution is -2.24. The second kappa shape index (κ2) is 5.14. The molecule has 1 aromatic rings. The smallest absolute Gasteiger partial charge is 0.184 e. The van der Waals surface area contributed by atoms with Gasteiger partial charge in [0, 0.05) is 10.6 Å². The second-order valence-corrected chi connectivity index (χ2v) is 3.68. The van der Waals surface area contributed by atoms with Crippen LogP contribution in [0, 0.1) is 0 Å². The highest BCUT2D eigenvalue weighted by Gasteiger charge is 1.97. The number of thiocarbonyl (C=S) groups is 1. The number of hydrogen-bond donors (Lipinski definition) is 2. The Labute approximate surface area is 96.9 Å². The fourth-order valence-electron chi connectivity index (χ4n) is 0.772. The number of halogens is 2. The van der Waals surface area contributed by atoms with E-state index in [4.69, 9.17) is 28.9 Å². The Kier molecular flexibility index (Phi) is 4.13. The molecule has 0 atom stereocenters. The van der Waals surface area contributed by atoms with Gasteiger partial charge in [-0.25, -0.2) is 0 Å². The van der Waals surface area contributed by atoms with Crippen molar-refractivity contribution < 1.29 is 0 Å². The largest absolute Gasteiger partial charge is 0.375 e. The standard InChI is InChI=1S/C8H7Cl2N3S/c9-6-2-1-5(7(10)3-6)4-12-13-8(11)14/h1-4H,(H3,11,13,14)/b12-4-. The maximum absolute atomic E-state index is 5.88. The minimum absolute atomic E-state index is 0.103. The molecular weight excluding hydrogens is 241 g/mol. The molecule has 1 rings (SSSR count). The Balaban J connectivity index is 2.76. The van der Waals surface area contributed by atoms with Crippen LogP contribution in [0.5, 0.6) is 0 Å². The van der Waals surface area contributed by atoms with E-state index in [0.717, 1.165) is 5.56 Å². The summed E-state index contributed by atoms with van der Waals surface area (Å²) in [5, 5.41) is 4.96. The molecule has 0 spiro atoms. The number of rotatable bonds is 2. The zero-order valence-corrected chi connectivity index (χ0v) is 9.33. The molecule has 0 heterocycles. The summed E-state index contributed by atoms with van der Waals surface area (Å²) in [5.74, 6) is 0. The van der Waals surface area contributed by atoms with Crippen LogP contribution in [0.4, 0.5) is 0 Å². The number of nitrogens with two attached hydrogens (primary N) is 1. The van der Waals surface area contributed by atoms with Crippen molar-refractivity contribution in [1.82, 2.24) is 5.43 Å². The molecule has 0 saturated carbocycles. The highest BCUT2D eigenvalue weighted by molar-refractivity contribution is 7.80. The molecule has 3 nitrogen and oxygen atoms in total. The summed E-state index contributed by atoms with van der Waals surface area (Å²) >= 11 is 16.2. The number of hydrogen-bond acceptors (Lipinski definition) is 2. The number of hydrazone groups is 1. The van der Waals surface area contributed by atoms with Gasteiger partial charge in [-0.05, 0) is 24.4 Å². The molecule has 74 valence electrons. The Bertz CT molecular complexity index is 379. The van der Waals surface area contributed by atoms with Gasteiger partial charge < -0.3 is 5.73 Å². The van der Waals surface area contributed by atoms with Crippen molar-refractivity contribution in [2.24, 2.45) is 10.8 Å². The minimum atomic E-state index is 0.103. The van der Waals surface area contributed by atoms with Crippen LogP contribution in [0.2, 0.25) is 10.0 Å². The Morgan fingerprint density at radius 3 is 2.79 bits per heavy atom. The highest BCUT2D eigenvalue weighted by Crippen LogP contribution is 2.19. The molecule has 0 bridgehead atoms. The third-order valence-corrected chi connectivity index (χ3v) is 1.99. The van der Waals surface area contributed by atoms with Crippen LogP contribution in [0.3, 0.4) is 0 Å².